The van der Waals surface area contributed by atoms with Gasteiger partial charge >= 0.3 is 0 Å². The molecule has 0 aliphatic rings. The first kappa shape index (κ1) is 18.6. The summed E-state index contributed by atoms with van der Waals surface area (Å²) in [7, 11) is 0. The van der Waals surface area contributed by atoms with E-state index in [1.54, 1.807) is 6.07 Å². The summed E-state index contributed by atoms with van der Waals surface area (Å²) >= 11 is 6.35. The molecule has 4 nitrogen and oxygen atoms in total. The predicted octanol–water partition coefficient (Wildman–Crippen LogP) is 3.71. The highest BCUT2D eigenvalue weighted by Crippen LogP contribution is 2.34. The largest absolute Gasteiger partial charge is 0.490 e. The monoisotopic (exact) mass is 349 g/mol. The number of nitrogens with one attached hydrogen (secondary N) is 1. The average Bonchev–Trinajstić information content (AvgIpc) is 2.56. The normalized spacial score (nSPS) is 10.7. The topological polar surface area (TPSA) is 50.7 Å². The van der Waals surface area contributed by atoms with E-state index in [-0.39, 0.29) is 6.61 Å². The van der Waals surface area contributed by atoms with Crippen LogP contribution < -0.4 is 14.8 Å². The van der Waals surface area contributed by atoms with Gasteiger partial charge in [-0.1, -0.05) is 41.4 Å². The quantitative estimate of drug-likeness (QED) is 0.678. The van der Waals surface area contributed by atoms with Crippen molar-refractivity contribution in [2.24, 2.45) is 0 Å². The molecular weight excluding hydrogens is 326 g/mol. The highest BCUT2D eigenvalue weighted by molar-refractivity contribution is 6.31. The van der Waals surface area contributed by atoms with Crippen molar-refractivity contribution in [3.63, 3.8) is 0 Å². The van der Waals surface area contributed by atoms with Gasteiger partial charge in [-0.2, -0.15) is 0 Å². The zero-order valence-electron chi connectivity index (χ0n) is 14.1. The van der Waals surface area contributed by atoms with Crippen LogP contribution >= 0.6 is 11.6 Å². The maximum atomic E-state index is 8.85. The molecule has 2 aromatic rings. The second-order valence-corrected chi connectivity index (χ2v) is 5.91. The van der Waals surface area contributed by atoms with E-state index in [4.69, 9.17) is 26.2 Å². The molecule has 0 aromatic heterocycles. The van der Waals surface area contributed by atoms with Crippen molar-refractivity contribution < 1.29 is 14.6 Å². The Bertz CT molecular complexity index is 661. The van der Waals surface area contributed by atoms with E-state index in [2.05, 4.69) is 24.4 Å². The van der Waals surface area contributed by atoms with E-state index in [1.165, 1.54) is 5.56 Å². The Hall–Kier alpha value is -1.75. The van der Waals surface area contributed by atoms with Crippen LogP contribution in [0.25, 0.3) is 0 Å². The van der Waals surface area contributed by atoms with Crippen LogP contribution in [0.1, 0.15) is 23.6 Å². The lowest BCUT2D eigenvalue weighted by molar-refractivity contribution is 0.269. The Kier molecular flexibility index (Phi) is 7.37. The summed E-state index contributed by atoms with van der Waals surface area (Å²) in [6.45, 7) is 6.17. The minimum atomic E-state index is 0.0909. The molecule has 0 amide bonds. The first-order valence-electron chi connectivity index (χ1n) is 8.09. The molecule has 0 radical (unpaired) electrons. The molecule has 0 spiro atoms. The summed E-state index contributed by atoms with van der Waals surface area (Å²) in [5.74, 6) is 1.31. The average molecular weight is 350 g/mol. The Balaban J connectivity index is 2.13. The summed E-state index contributed by atoms with van der Waals surface area (Å²) in [6.07, 6.45) is 0. The minimum absolute atomic E-state index is 0.0909. The van der Waals surface area contributed by atoms with Crippen LogP contribution in [0.4, 0.5) is 0 Å². The maximum absolute atomic E-state index is 8.85. The smallest absolute Gasteiger partial charge is 0.163 e. The third-order valence-electron chi connectivity index (χ3n) is 3.49. The van der Waals surface area contributed by atoms with Gasteiger partial charge in [-0.25, -0.2) is 0 Å². The fourth-order valence-corrected chi connectivity index (χ4v) is 2.58. The van der Waals surface area contributed by atoms with Crippen LogP contribution in [0.3, 0.4) is 0 Å². The second kappa shape index (κ2) is 9.52. The summed E-state index contributed by atoms with van der Waals surface area (Å²) in [4.78, 5) is 0. The molecule has 130 valence electrons. The van der Waals surface area contributed by atoms with E-state index in [9.17, 15) is 0 Å². The van der Waals surface area contributed by atoms with Gasteiger partial charge in [0.1, 0.15) is 6.61 Å². The highest BCUT2D eigenvalue weighted by Gasteiger charge is 2.11. The number of rotatable bonds is 9. The first-order chi connectivity index (χ1) is 11.6. The molecule has 2 N–H and O–H groups in total. The fraction of sp³-hybridized carbons (Fsp3) is 0.368. The summed E-state index contributed by atoms with van der Waals surface area (Å²) in [5.41, 5.74) is 3.21. The van der Waals surface area contributed by atoms with Crippen molar-refractivity contribution >= 4 is 11.6 Å². The molecule has 24 heavy (non-hydrogen) atoms. The molecule has 0 unspecified atom stereocenters. The second-order valence-electron chi connectivity index (χ2n) is 5.50. The Morgan fingerprint density at radius 3 is 2.62 bits per heavy atom. The lowest BCUT2D eigenvalue weighted by Crippen LogP contribution is -2.17. The Morgan fingerprint density at radius 2 is 1.92 bits per heavy atom. The van der Waals surface area contributed by atoms with E-state index in [0.717, 1.165) is 11.1 Å². The molecule has 0 aliphatic heterocycles. The van der Waals surface area contributed by atoms with Crippen molar-refractivity contribution in [3.05, 3.63) is 58.1 Å². The molecule has 0 bridgehead atoms. The van der Waals surface area contributed by atoms with Crippen molar-refractivity contribution in [3.8, 4) is 11.5 Å². The maximum Gasteiger partial charge on any atom is 0.163 e. The zero-order chi connectivity index (χ0) is 17.4. The number of hydrogen-bond acceptors (Lipinski definition) is 4. The van der Waals surface area contributed by atoms with Crippen molar-refractivity contribution in [1.82, 2.24) is 5.32 Å². The van der Waals surface area contributed by atoms with Crippen LogP contribution in [0.2, 0.25) is 5.02 Å². The molecule has 0 heterocycles. The third-order valence-corrected chi connectivity index (χ3v) is 3.85. The van der Waals surface area contributed by atoms with Crippen LogP contribution in [0.5, 0.6) is 11.5 Å². The molecular formula is C19H24ClNO3. The molecule has 5 heteroatoms. The van der Waals surface area contributed by atoms with Gasteiger partial charge in [0.25, 0.3) is 0 Å². The van der Waals surface area contributed by atoms with Crippen LogP contribution in [0.15, 0.2) is 36.4 Å². The van der Waals surface area contributed by atoms with Crippen molar-refractivity contribution in [1.29, 1.82) is 0 Å². The third kappa shape index (κ3) is 5.41. The summed E-state index contributed by atoms with van der Waals surface area (Å²) in [5, 5.41) is 12.6. The van der Waals surface area contributed by atoms with Gasteiger partial charge in [-0.05, 0) is 31.0 Å². The molecule has 0 atom stereocenters. The number of halogens is 1. The van der Waals surface area contributed by atoms with E-state index < -0.39 is 0 Å². The number of aryl methyl sites for hydroxylation is 1. The van der Waals surface area contributed by atoms with Crippen molar-refractivity contribution in [2.75, 3.05) is 19.8 Å². The van der Waals surface area contributed by atoms with Crippen LogP contribution in [-0.4, -0.2) is 24.9 Å². The zero-order valence-corrected chi connectivity index (χ0v) is 14.9. The van der Waals surface area contributed by atoms with Crippen molar-refractivity contribution in [2.45, 2.75) is 27.0 Å². The molecule has 0 saturated heterocycles. The molecule has 2 aromatic carbocycles. The predicted molar refractivity (Wildman–Crippen MR) is 96.9 cm³/mol. The first-order valence-corrected chi connectivity index (χ1v) is 8.47. The standard InChI is InChI=1S/C19H24ClNO3/c1-3-23-18-10-16(12-21-7-8-22)17(20)11-19(18)24-13-15-6-4-5-14(2)9-15/h4-6,9-11,21-22H,3,7-8,12-13H2,1-2H3. The fourth-order valence-electron chi connectivity index (χ4n) is 2.36. The lowest BCUT2D eigenvalue weighted by atomic mass is 10.1. The lowest BCUT2D eigenvalue weighted by Gasteiger charge is -2.15. The van der Waals surface area contributed by atoms with E-state index >= 15 is 0 Å². The van der Waals surface area contributed by atoms with Gasteiger partial charge in [-0.15, -0.1) is 0 Å². The van der Waals surface area contributed by atoms with Crippen LogP contribution in [-0.2, 0) is 13.2 Å². The van der Waals surface area contributed by atoms with Crippen LogP contribution in [0, 0.1) is 6.92 Å². The van der Waals surface area contributed by atoms with Gasteiger partial charge in [0.15, 0.2) is 11.5 Å². The Labute approximate surface area is 148 Å². The summed E-state index contributed by atoms with van der Waals surface area (Å²) < 4.78 is 11.6. The van der Waals surface area contributed by atoms with Gasteiger partial charge in [0, 0.05) is 24.2 Å². The SMILES string of the molecule is CCOc1cc(CNCCO)c(Cl)cc1OCc1cccc(C)c1. The molecule has 2 rings (SSSR count). The van der Waals surface area contributed by atoms with E-state index in [0.29, 0.717) is 42.8 Å². The number of benzene rings is 2. The van der Waals surface area contributed by atoms with Gasteiger partial charge in [0.05, 0.1) is 13.2 Å². The van der Waals surface area contributed by atoms with Gasteiger partial charge in [0.2, 0.25) is 0 Å². The number of aliphatic hydroxyl groups is 1. The molecule has 0 aliphatic carbocycles. The van der Waals surface area contributed by atoms with E-state index in [1.807, 2.05) is 25.1 Å². The molecule has 0 saturated carbocycles. The number of ether oxygens (including phenoxy) is 2. The number of aliphatic hydroxyl groups excluding tert-OH is 1. The van der Waals surface area contributed by atoms with Gasteiger partial charge in [-0.3, -0.25) is 0 Å². The highest BCUT2D eigenvalue weighted by atomic mass is 35.5. The molecule has 0 fully saturated rings. The summed E-state index contributed by atoms with van der Waals surface area (Å²) in [6, 6.07) is 11.9. The Morgan fingerprint density at radius 1 is 1.12 bits per heavy atom. The van der Waals surface area contributed by atoms with Gasteiger partial charge < -0.3 is 19.9 Å². The number of hydrogen-bond donors (Lipinski definition) is 2. The minimum Gasteiger partial charge on any atom is -0.490 e.